The highest BCUT2D eigenvalue weighted by Crippen LogP contribution is 2.28. The third-order valence-electron chi connectivity index (χ3n) is 3.87. The van der Waals surface area contributed by atoms with Gasteiger partial charge in [-0.3, -0.25) is 0 Å². The zero-order valence-corrected chi connectivity index (χ0v) is 12.0. The van der Waals surface area contributed by atoms with Crippen molar-refractivity contribution in [1.82, 2.24) is 20.2 Å². The van der Waals surface area contributed by atoms with E-state index in [0.717, 1.165) is 12.8 Å². The van der Waals surface area contributed by atoms with Gasteiger partial charge in [-0.25, -0.2) is 9.07 Å². The highest BCUT2D eigenvalue weighted by Gasteiger charge is 2.21. The second-order valence-electron chi connectivity index (χ2n) is 5.00. The molecule has 0 aliphatic heterocycles. The number of hydrogen-bond acceptors (Lipinski definition) is 4. The molecular weight excluding hydrogens is 257 g/mol. The molecule has 1 unspecified atom stereocenters. The number of anilines is 1. The maximum atomic E-state index is 13.6. The lowest BCUT2D eigenvalue weighted by molar-refractivity contribution is 0.309. The highest BCUT2D eigenvalue weighted by atomic mass is 19.1. The van der Waals surface area contributed by atoms with Crippen molar-refractivity contribution in [2.24, 2.45) is 5.92 Å². The zero-order chi connectivity index (χ0) is 14.7. The van der Waals surface area contributed by atoms with Gasteiger partial charge in [0, 0.05) is 5.56 Å². The van der Waals surface area contributed by atoms with Crippen molar-refractivity contribution >= 4 is 5.69 Å². The average Bonchev–Trinajstić information content (AvgIpc) is 2.92. The number of hydrogen-bond donors (Lipinski definition) is 1. The molecule has 2 rings (SSSR count). The molecule has 0 amide bonds. The first-order chi connectivity index (χ1) is 9.58. The van der Waals surface area contributed by atoms with Crippen LogP contribution in [0.15, 0.2) is 18.2 Å². The molecule has 0 saturated carbocycles. The summed E-state index contributed by atoms with van der Waals surface area (Å²) in [5.41, 5.74) is 6.26. The smallest absolute Gasteiger partial charge is 0.182 e. The second kappa shape index (κ2) is 5.98. The van der Waals surface area contributed by atoms with Crippen LogP contribution in [0.4, 0.5) is 10.1 Å². The monoisotopic (exact) mass is 277 g/mol. The first-order valence-electron chi connectivity index (χ1n) is 6.91. The van der Waals surface area contributed by atoms with Crippen LogP contribution in [0.5, 0.6) is 0 Å². The number of aromatic nitrogens is 4. The summed E-state index contributed by atoms with van der Waals surface area (Å²) in [6.07, 6.45) is 2.10. The van der Waals surface area contributed by atoms with Crippen molar-refractivity contribution in [3.05, 3.63) is 24.0 Å². The van der Waals surface area contributed by atoms with Gasteiger partial charge in [0.1, 0.15) is 5.82 Å². The van der Waals surface area contributed by atoms with E-state index >= 15 is 0 Å². The van der Waals surface area contributed by atoms with E-state index in [4.69, 9.17) is 5.73 Å². The third-order valence-corrected chi connectivity index (χ3v) is 3.87. The molecule has 2 N–H and O–H groups in total. The fourth-order valence-corrected chi connectivity index (χ4v) is 2.49. The van der Waals surface area contributed by atoms with E-state index < -0.39 is 5.82 Å². The Kier molecular flexibility index (Phi) is 4.32. The minimum Gasteiger partial charge on any atom is -0.396 e. The molecule has 1 aromatic heterocycles. The standard InChI is InChI=1S/C14H20FN5/c1-4-10(5-2)9(3)20-14(17-18-19-20)11-6-7-13(16)12(15)8-11/h6-10H,4-5,16H2,1-3H3. The third kappa shape index (κ3) is 2.64. The average molecular weight is 277 g/mol. The van der Waals surface area contributed by atoms with Gasteiger partial charge in [0.25, 0.3) is 0 Å². The molecule has 1 atom stereocenters. The number of nitrogen functional groups attached to an aromatic ring is 1. The molecule has 0 spiro atoms. The van der Waals surface area contributed by atoms with Crippen LogP contribution >= 0.6 is 0 Å². The highest BCUT2D eigenvalue weighted by molar-refractivity contribution is 5.59. The fourth-order valence-electron chi connectivity index (χ4n) is 2.49. The molecule has 1 heterocycles. The molecule has 20 heavy (non-hydrogen) atoms. The largest absolute Gasteiger partial charge is 0.396 e. The molecule has 1 aromatic carbocycles. The van der Waals surface area contributed by atoms with Crippen molar-refractivity contribution in [2.45, 2.75) is 39.7 Å². The first-order valence-corrected chi connectivity index (χ1v) is 6.91. The van der Waals surface area contributed by atoms with Crippen LogP contribution in [0.3, 0.4) is 0 Å². The molecule has 0 aliphatic carbocycles. The Morgan fingerprint density at radius 3 is 2.60 bits per heavy atom. The molecule has 0 radical (unpaired) electrons. The Morgan fingerprint density at radius 1 is 1.30 bits per heavy atom. The van der Waals surface area contributed by atoms with Gasteiger partial charge in [-0.2, -0.15) is 0 Å². The number of nitrogens with two attached hydrogens (primary N) is 1. The normalized spacial score (nSPS) is 12.8. The minimum atomic E-state index is -0.452. The van der Waals surface area contributed by atoms with Gasteiger partial charge in [0.2, 0.25) is 0 Å². The first kappa shape index (κ1) is 14.4. The van der Waals surface area contributed by atoms with Crippen molar-refractivity contribution in [3.8, 4) is 11.4 Å². The number of halogens is 1. The van der Waals surface area contributed by atoms with Gasteiger partial charge in [-0.1, -0.05) is 26.7 Å². The van der Waals surface area contributed by atoms with Crippen molar-refractivity contribution in [3.63, 3.8) is 0 Å². The number of benzene rings is 1. The quantitative estimate of drug-likeness (QED) is 0.853. The molecule has 2 aromatic rings. The van der Waals surface area contributed by atoms with E-state index in [-0.39, 0.29) is 11.7 Å². The van der Waals surface area contributed by atoms with Crippen molar-refractivity contribution < 1.29 is 4.39 Å². The predicted molar refractivity (Wildman–Crippen MR) is 76.4 cm³/mol. The fraction of sp³-hybridized carbons (Fsp3) is 0.500. The topological polar surface area (TPSA) is 69.6 Å². The van der Waals surface area contributed by atoms with Crippen molar-refractivity contribution in [2.75, 3.05) is 5.73 Å². The summed E-state index contributed by atoms with van der Waals surface area (Å²) in [4.78, 5) is 0. The van der Waals surface area contributed by atoms with Crippen LogP contribution in [0, 0.1) is 11.7 Å². The summed E-state index contributed by atoms with van der Waals surface area (Å²) in [5, 5.41) is 11.8. The lowest BCUT2D eigenvalue weighted by Gasteiger charge is -2.22. The van der Waals surface area contributed by atoms with E-state index in [1.165, 1.54) is 12.1 Å². The van der Waals surface area contributed by atoms with Crippen molar-refractivity contribution in [1.29, 1.82) is 0 Å². The lowest BCUT2D eigenvalue weighted by atomic mass is 9.95. The molecular formula is C14H20FN5. The zero-order valence-electron chi connectivity index (χ0n) is 12.0. The number of tetrazole rings is 1. The SMILES string of the molecule is CCC(CC)C(C)n1nnnc1-c1ccc(N)c(F)c1. The summed E-state index contributed by atoms with van der Waals surface area (Å²) in [5.74, 6) is 0.603. The van der Waals surface area contributed by atoms with Crippen LogP contribution in [0.1, 0.15) is 39.7 Å². The van der Waals surface area contributed by atoms with Crippen LogP contribution < -0.4 is 5.73 Å². The number of rotatable bonds is 5. The van der Waals surface area contributed by atoms with Crippen LogP contribution in [-0.2, 0) is 0 Å². The van der Waals surface area contributed by atoms with Gasteiger partial charge in [0.05, 0.1) is 11.7 Å². The summed E-state index contributed by atoms with van der Waals surface area (Å²) >= 11 is 0. The van der Waals surface area contributed by atoms with Gasteiger partial charge >= 0.3 is 0 Å². The number of nitrogens with zero attached hydrogens (tertiary/aromatic N) is 4. The van der Waals surface area contributed by atoms with E-state index in [0.29, 0.717) is 17.3 Å². The molecule has 0 fully saturated rings. The lowest BCUT2D eigenvalue weighted by Crippen LogP contribution is -2.18. The van der Waals surface area contributed by atoms with E-state index in [2.05, 4.69) is 36.3 Å². The van der Waals surface area contributed by atoms with Gasteiger partial charge in [-0.15, -0.1) is 5.10 Å². The maximum Gasteiger partial charge on any atom is 0.182 e. The molecule has 5 nitrogen and oxygen atoms in total. The summed E-state index contributed by atoms with van der Waals surface area (Å²) in [6.45, 7) is 6.39. The molecule has 6 heteroatoms. The van der Waals surface area contributed by atoms with Gasteiger partial charge in [0.15, 0.2) is 5.82 Å². The second-order valence-corrected chi connectivity index (χ2v) is 5.00. The van der Waals surface area contributed by atoms with E-state index in [1.54, 1.807) is 10.7 Å². The Morgan fingerprint density at radius 2 is 2.00 bits per heavy atom. The molecule has 0 saturated heterocycles. The van der Waals surface area contributed by atoms with Gasteiger partial charge < -0.3 is 5.73 Å². The Bertz CT molecular complexity index is 577. The summed E-state index contributed by atoms with van der Waals surface area (Å²) in [6, 6.07) is 4.80. The van der Waals surface area contributed by atoms with Crippen LogP contribution in [0.25, 0.3) is 11.4 Å². The Balaban J connectivity index is 2.39. The summed E-state index contributed by atoms with van der Waals surface area (Å²) < 4.78 is 15.4. The minimum absolute atomic E-state index is 0.126. The van der Waals surface area contributed by atoms with Gasteiger partial charge in [-0.05, 0) is 41.5 Å². The maximum absolute atomic E-state index is 13.6. The Hall–Kier alpha value is -1.98. The molecule has 0 aliphatic rings. The summed E-state index contributed by atoms with van der Waals surface area (Å²) in [7, 11) is 0. The predicted octanol–water partition coefficient (Wildman–Crippen LogP) is 3.06. The van der Waals surface area contributed by atoms with E-state index in [1.807, 2.05) is 0 Å². The Labute approximate surface area is 118 Å². The molecule has 108 valence electrons. The van der Waals surface area contributed by atoms with Crippen LogP contribution in [0.2, 0.25) is 0 Å². The molecule has 0 bridgehead atoms. The van der Waals surface area contributed by atoms with Crippen LogP contribution in [-0.4, -0.2) is 20.2 Å². The van der Waals surface area contributed by atoms with E-state index in [9.17, 15) is 4.39 Å².